The Morgan fingerprint density at radius 1 is 0.786 bits per heavy atom. The van der Waals surface area contributed by atoms with E-state index in [1.165, 1.54) is 24.3 Å². The second-order valence-electron chi connectivity index (χ2n) is 6.72. The molecule has 0 saturated carbocycles. The summed E-state index contributed by atoms with van der Waals surface area (Å²) >= 11 is 0. The Kier molecular flexibility index (Phi) is 5.51. The molecule has 1 amide bonds. The molecule has 5 nitrogen and oxygen atoms in total. The molecule has 0 aromatic heterocycles. The van der Waals surface area contributed by atoms with Crippen LogP contribution in [0.25, 0.3) is 0 Å². The van der Waals surface area contributed by atoms with Gasteiger partial charge in [-0.1, -0.05) is 35.9 Å². The van der Waals surface area contributed by atoms with Gasteiger partial charge in [0.25, 0.3) is 15.9 Å². The monoisotopic (exact) mass is 394 g/mol. The van der Waals surface area contributed by atoms with Crippen molar-refractivity contribution in [3.8, 4) is 0 Å². The van der Waals surface area contributed by atoms with Gasteiger partial charge < -0.3 is 5.32 Å². The smallest absolute Gasteiger partial charge is 0.261 e. The van der Waals surface area contributed by atoms with Gasteiger partial charge in [0.15, 0.2) is 0 Å². The number of aryl methyl sites for hydroxylation is 3. The van der Waals surface area contributed by atoms with Crippen molar-refractivity contribution in [1.29, 1.82) is 0 Å². The first-order valence-corrected chi connectivity index (χ1v) is 10.3. The maximum Gasteiger partial charge on any atom is 0.261 e. The number of para-hydroxylation sites is 1. The highest BCUT2D eigenvalue weighted by atomic mass is 32.2. The molecule has 3 aromatic rings. The predicted octanol–water partition coefficient (Wildman–Crippen LogP) is 4.66. The van der Waals surface area contributed by atoms with E-state index in [-0.39, 0.29) is 10.8 Å². The van der Waals surface area contributed by atoms with Gasteiger partial charge in [-0.2, -0.15) is 0 Å². The first kappa shape index (κ1) is 19.6. The fourth-order valence-corrected chi connectivity index (χ4v) is 3.96. The van der Waals surface area contributed by atoms with E-state index in [1.54, 1.807) is 6.07 Å². The van der Waals surface area contributed by atoms with Crippen molar-refractivity contribution in [2.45, 2.75) is 25.7 Å². The molecule has 28 heavy (non-hydrogen) atoms. The molecule has 0 aliphatic rings. The summed E-state index contributed by atoms with van der Waals surface area (Å²) in [5.41, 5.74) is 4.50. The van der Waals surface area contributed by atoms with Crippen molar-refractivity contribution in [3.63, 3.8) is 0 Å². The Labute approximate surface area is 165 Å². The molecular weight excluding hydrogens is 372 g/mol. The van der Waals surface area contributed by atoms with Crippen LogP contribution in [0.2, 0.25) is 0 Å². The quantitative estimate of drug-likeness (QED) is 0.661. The van der Waals surface area contributed by atoms with Crippen LogP contribution in [0.1, 0.15) is 27.0 Å². The summed E-state index contributed by atoms with van der Waals surface area (Å²) in [7, 11) is -3.74. The lowest BCUT2D eigenvalue weighted by Crippen LogP contribution is -2.15. The zero-order chi connectivity index (χ0) is 20.3. The van der Waals surface area contributed by atoms with Crippen LogP contribution < -0.4 is 10.0 Å². The van der Waals surface area contributed by atoms with Gasteiger partial charge in [-0.25, -0.2) is 8.42 Å². The third-order valence-corrected chi connectivity index (χ3v) is 5.83. The van der Waals surface area contributed by atoms with Crippen LogP contribution in [0.15, 0.2) is 71.6 Å². The lowest BCUT2D eigenvalue weighted by Gasteiger charge is -2.12. The highest BCUT2D eigenvalue weighted by molar-refractivity contribution is 7.92. The Bertz CT molecular complexity index is 1120. The van der Waals surface area contributed by atoms with Crippen LogP contribution in [0.3, 0.4) is 0 Å². The largest absolute Gasteiger partial charge is 0.322 e. The zero-order valence-electron chi connectivity index (χ0n) is 16.0. The van der Waals surface area contributed by atoms with E-state index < -0.39 is 10.0 Å². The molecule has 6 heteroatoms. The third kappa shape index (κ3) is 4.40. The second-order valence-corrected chi connectivity index (χ2v) is 8.40. The number of carbonyl (C=O) groups excluding carboxylic acids is 1. The van der Waals surface area contributed by atoms with E-state index in [4.69, 9.17) is 0 Å². The van der Waals surface area contributed by atoms with Gasteiger partial charge in [0, 0.05) is 11.3 Å². The maximum absolute atomic E-state index is 12.6. The molecule has 2 N–H and O–H groups in total. The Balaban J connectivity index is 1.77. The van der Waals surface area contributed by atoms with Crippen molar-refractivity contribution >= 4 is 27.3 Å². The van der Waals surface area contributed by atoms with Crippen LogP contribution in [0.4, 0.5) is 11.4 Å². The minimum absolute atomic E-state index is 0.0971. The number of hydrogen-bond acceptors (Lipinski definition) is 3. The van der Waals surface area contributed by atoms with E-state index in [9.17, 15) is 13.2 Å². The van der Waals surface area contributed by atoms with Gasteiger partial charge in [-0.15, -0.1) is 0 Å². The van der Waals surface area contributed by atoms with E-state index in [0.29, 0.717) is 11.3 Å². The van der Waals surface area contributed by atoms with E-state index in [0.717, 1.165) is 22.4 Å². The van der Waals surface area contributed by atoms with Gasteiger partial charge in [0.2, 0.25) is 0 Å². The Morgan fingerprint density at radius 3 is 2.11 bits per heavy atom. The number of benzene rings is 3. The van der Waals surface area contributed by atoms with Crippen LogP contribution in [0, 0.1) is 20.8 Å². The van der Waals surface area contributed by atoms with E-state index in [1.807, 2.05) is 57.2 Å². The van der Waals surface area contributed by atoms with Crippen molar-refractivity contribution in [1.82, 2.24) is 0 Å². The molecule has 144 valence electrons. The summed E-state index contributed by atoms with van der Waals surface area (Å²) in [5.74, 6) is -0.291. The molecule has 0 bridgehead atoms. The van der Waals surface area contributed by atoms with Crippen molar-refractivity contribution < 1.29 is 13.2 Å². The molecule has 0 heterocycles. The summed E-state index contributed by atoms with van der Waals surface area (Å²) in [5, 5.41) is 2.83. The summed E-state index contributed by atoms with van der Waals surface area (Å²) in [6, 6.07) is 18.8. The lowest BCUT2D eigenvalue weighted by molar-refractivity contribution is 0.102. The molecule has 0 unspecified atom stereocenters. The van der Waals surface area contributed by atoms with E-state index in [2.05, 4.69) is 10.0 Å². The first-order valence-electron chi connectivity index (χ1n) is 8.83. The number of nitrogens with one attached hydrogen (secondary N) is 2. The minimum Gasteiger partial charge on any atom is -0.322 e. The van der Waals surface area contributed by atoms with Gasteiger partial charge in [-0.05, 0) is 68.3 Å². The molecule has 0 radical (unpaired) electrons. The number of anilines is 2. The van der Waals surface area contributed by atoms with Crippen molar-refractivity contribution in [3.05, 3.63) is 89.0 Å². The Hall–Kier alpha value is -3.12. The molecule has 0 aliphatic carbocycles. The topological polar surface area (TPSA) is 75.3 Å². The standard InChI is InChI=1S/C22H22N2O3S/c1-15-8-13-21(17(3)14-15)24-28(26,27)19-11-9-18(10-12-19)22(25)23-20-7-5-4-6-16(20)2/h4-14,24H,1-3H3,(H,23,25). The summed E-state index contributed by atoms with van der Waals surface area (Å²) in [6.45, 7) is 5.71. The average molecular weight is 394 g/mol. The highest BCUT2D eigenvalue weighted by Crippen LogP contribution is 2.21. The normalized spacial score (nSPS) is 11.1. The van der Waals surface area contributed by atoms with Crippen LogP contribution in [-0.4, -0.2) is 14.3 Å². The maximum atomic E-state index is 12.6. The fourth-order valence-electron chi connectivity index (χ4n) is 2.82. The first-order chi connectivity index (χ1) is 13.3. The van der Waals surface area contributed by atoms with Crippen molar-refractivity contribution in [2.75, 3.05) is 10.0 Å². The van der Waals surface area contributed by atoms with Gasteiger partial charge in [0.1, 0.15) is 0 Å². The highest BCUT2D eigenvalue weighted by Gasteiger charge is 2.16. The third-order valence-electron chi connectivity index (χ3n) is 4.45. The number of hydrogen-bond donors (Lipinski definition) is 2. The molecule has 0 aliphatic heterocycles. The summed E-state index contributed by atoms with van der Waals surface area (Å²) in [6.07, 6.45) is 0. The number of carbonyl (C=O) groups is 1. The van der Waals surface area contributed by atoms with Gasteiger partial charge >= 0.3 is 0 Å². The molecule has 0 saturated heterocycles. The van der Waals surface area contributed by atoms with Crippen LogP contribution in [0.5, 0.6) is 0 Å². The molecule has 3 aromatic carbocycles. The molecular formula is C22H22N2O3S. The number of sulfonamides is 1. The van der Waals surface area contributed by atoms with Gasteiger partial charge in [-0.3, -0.25) is 9.52 Å². The van der Waals surface area contributed by atoms with Crippen LogP contribution >= 0.6 is 0 Å². The zero-order valence-corrected chi connectivity index (χ0v) is 16.8. The molecule has 0 fully saturated rings. The predicted molar refractivity (Wildman–Crippen MR) is 112 cm³/mol. The molecule has 0 atom stereocenters. The van der Waals surface area contributed by atoms with E-state index >= 15 is 0 Å². The number of rotatable bonds is 5. The lowest BCUT2D eigenvalue weighted by atomic mass is 10.1. The Morgan fingerprint density at radius 2 is 1.46 bits per heavy atom. The molecule has 3 rings (SSSR count). The SMILES string of the molecule is Cc1ccc(NS(=O)(=O)c2ccc(C(=O)Nc3ccccc3C)cc2)c(C)c1. The summed E-state index contributed by atoms with van der Waals surface area (Å²) in [4.78, 5) is 12.5. The van der Waals surface area contributed by atoms with Crippen molar-refractivity contribution in [2.24, 2.45) is 0 Å². The molecule has 0 spiro atoms. The second kappa shape index (κ2) is 7.86. The minimum atomic E-state index is -3.74. The number of amides is 1. The average Bonchev–Trinajstić information content (AvgIpc) is 2.66. The fraction of sp³-hybridized carbons (Fsp3) is 0.136. The van der Waals surface area contributed by atoms with Gasteiger partial charge in [0.05, 0.1) is 10.6 Å². The van der Waals surface area contributed by atoms with Crippen LogP contribution in [-0.2, 0) is 10.0 Å². The summed E-state index contributed by atoms with van der Waals surface area (Å²) < 4.78 is 27.9.